The van der Waals surface area contributed by atoms with Gasteiger partial charge >= 0.3 is 0 Å². The van der Waals surface area contributed by atoms with Gasteiger partial charge in [-0.25, -0.2) is 9.97 Å². The van der Waals surface area contributed by atoms with Gasteiger partial charge in [0, 0.05) is 31.7 Å². The van der Waals surface area contributed by atoms with Crippen molar-refractivity contribution in [2.24, 2.45) is 0 Å². The number of aromatic nitrogens is 4. The Labute approximate surface area is 192 Å². The van der Waals surface area contributed by atoms with E-state index in [4.69, 9.17) is 0 Å². The van der Waals surface area contributed by atoms with Crippen LogP contribution in [0.1, 0.15) is 18.3 Å². The molecular weight excluding hydrogens is 436 g/mol. The summed E-state index contributed by atoms with van der Waals surface area (Å²) in [5, 5.41) is 22.5. The smallest absolute Gasteiger partial charge is 0.192 e. The van der Waals surface area contributed by atoms with Gasteiger partial charge in [-0.1, -0.05) is 0 Å². The van der Waals surface area contributed by atoms with Gasteiger partial charge < -0.3 is 38.7 Å². The fourth-order valence-electron chi connectivity index (χ4n) is 2.82. The number of carboxylic acid groups (broad SMARTS) is 2. The normalized spacial score (nSPS) is 13.6. The van der Waals surface area contributed by atoms with E-state index in [1.165, 1.54) is 19.6 Å². The third kappa shape index (κ3) is 8.81. The summed E-state index contributed by atoms with van der Waals surface area (Å²) in [6, 6.07) is -1.26. The molecule has 2 aromatic rings. The summed E-state index contributed by atoms with van der Waals surface area (Å²) < 4.78 is 0.576. The van der Waals surface area contributed by atoms with E-state index < -0.39 is 24.0 Å². The standard InChI is InChI=1S/C11H17N3O3S.C9H15N3O2/c1-7(15)18-10-8(12-6-13-10)5-9(11(16)17)14(2,3)4;1-12(2,3)8(9(13)14)4-7-5-10-6-11-7/h6,9H,5H2,1-4H3,(H-,12,13,16,17);5-6,8H,4H2,1-3H3,(H-,10,11,13,14)/t9-;8-/m00/s1. The van der Waals surface area contributed by atoms with Crippen molar-refractivity contribution in [2.75, 3.05) is 42.3 Å². The fraction of sp³-hybridized carbons (Fsp3) is 0.550. The van der Waals surface area contributed by atoms with Crippen LogP contribution in [0.2, 0.25) is 0 Å². The predicted octanol–water partition coefficient (Wildman–Crippen LogP) is -1.81. The van der Waals surface area contributed by atoms with Crippen LogP contribution in [0.3, 0.4) is 0 Å². The predicted molar refractivity (Wildman–Crippen MR) is 115 cm³/mol. The molecule has 0 aliphatic carbocycles. The van der Waals surface area contributed by atoms with Crippen LogP contribution in [-0.2, 0) is 27.2 Å². The first-order valence-electron chi connectivity index (χ1n) is 9.84. The maximum absolute atomic E-state index is 11.2. The van der Waals surface area contributed by atoms with E-state index in [1.807, 2.05) is 21.1 Å². The minimum Gasteiger partial charge on any atom is -0.544 e. The van der Waals surface area contributed by atoms with Crippen LogP contribution in [0.5, 0.6) is 0 Å². The quantitative estimate of drug-likeness (QED) is 0.322. The third-order valence-corrected chi connectivity index (χ3v) is 5.53. The zero-order valence-electron chi connectivity index (χ0n) is 19.5. The number of imidazole rings is 2. The number of hydrogen-bond donors (Lipinski definition) is 2. The summed E-state index contributed by atoms with van der Waals surface area (Å²) in [7, 11) is 10.8. The average molecular weight is 469 g/mol. The Morgan fingerprint density at radius 2 is 1.47 bits per heavy atom. The maximum Gasteiger partial charge on any atom is 0.192 e. The van der Waals surface area contributed by atoms with Gasteiger partial charge in [-0.05, 0) is 11.8 Å². The van der Waals surface area contributed by atoms with Crippen LogP contribution in [-0.4, -0.2) is 100 Å². The van der Waals surface area contributed by atoms with Crippen LogP contribution >= 0.6 is 11.8 Å². The fourth-order valence-corrected chi connectivity index (χ4v) is 3.47. The Morgan fingerprint density at radius 1 is 0.938 bits per heavy atom. The van der Waals surface area contributed by atoms with Crippen molar-refractivity contribution < 1.29 is 33.6 Å². The highest BCUT2D eigenvalue weighted by atomic mass is 32.2. The number of carboxylic acids is 2. The molecule has 0 saturated heterocycles. The second kappa shape index (κ2) is 11.2. The first-order chi connectivity index (χ1) is 14.6. The van der Waals surface area contributed by atoms with Gasteiger partial charge in [0.15, 0.2) is 5.12 Å². The molecule has 2 rings (SSSR count). The molecule has 0 saturated carbocycles. The van der Waals surface area contributed by atoms with Gasteiger partial charge in [0.25, 0.3) is 0 Å². The van der Waals surface area contributed by atoms with Crippen molar-refractivity contribution in [1.29, 1.82) is 0 Å². The van der Waals surface area contributed by atoms with E-state index in [-0.39, 0.29) is 16.0 Å². The van der Waals surface area contributed by atoms with Crippen molar-refractivity contribution in [1.82, 2.24) is 19.9 Å². The molecule has 0 unspecified atom stereocenters. The average Bonchev–Trinajstić information content (AvgIpc) is 3.27. The van der Waals surface area contributed by atoms with Gasteiger partial charge in [-0.3, -0.25) is 4.79 Å². The minimum absolute atomic E-state index is 0.0846. The van der Waals surface area contributed by atoms with Gasteiger partial charge in [-0.2, -0.15) is 0 Å². The Kier molecular flexibility index (Phi) is 9.61. The highest BCUT2D eigenvalue weighted by Gasteiger charge is 2.28. The second-order valence-corrected chi connectivity index (χ2v) is 10.3. The summed E-state index contributed by atoms with van der Waals surface area (Å²) in [5.74, 6) is -2.15. The number of carbonyl (C=O) groups excluding carboxylic acids is 3. The highest BCUT2D eigenvalue weighted by Crippen LogP contribution is 2.22. The first kappa shape index (κ1) is 27.3. The third-order valence-electron chi connectivity index (χ3n) is 4.70. The maximum atomic E-state index is 11.2. The number of H-pyrrole nitrogens is 2. The zero-order valence-corrected chi connectivity index (χ0v) is 20.4. The number of rotatable bonds is 9. The van der Waals surface area contributed by atoms with Crippen molar-refractivity contribution in [3.8, 4) is 0 Å². The topological polar surface area (TPSA) is 155 Å². The molecule has 0 fully saturated rings. The Bertz CT molecular complexity index is 898. The van der Waals surface area contributed by atoms with Crippen LogP contribution in [0.4, 0.5) is 0 Å². The van der Waals surface area contributed by atoms with Gasteiger partial charge in [-0.15, -0.1) is 0 Å². The van der Waals surface area contributed by atoms with Gasteiger partial charge in [0.05, 0.1) is 72.6 Å². The number of likely N-dealkylation sites (N-methyl/N-ethyl adjacent to an activating group) is 2. The number of quaternary nitrogens is 2. The summed E-state index contributed by atoms with van der Waals surface area (Å²) >= 11 is 0.995. The van der Waals surface area contributed by atoms with Gasteiger partial charge in [0.1, 0.15) is 17.1 Å². The van der Waals surface area contributed by atoms with E-state index in [9.17, 15) is 24.6 Å². The molecule has 32 heavy (non-hydrogen) atoms. The zero-order chi connectivity index (χ0) is 24.7. The molecule has 0 aromatic carbocycles. The molecule has 0 amide bonds. The molecule has 2 aromatic heterocycles. The summed E-state index contributed by atoms with van der Waals surface area (Å²) in [6.45, 7) is 1.44. The van der Waals surface area contributed by atoms with Crippen LogP contribution in [0.15, 0.2) is 23.9 Å². The van der Waals surface area contributed by atoms with Crippen LogP contribution < -0.4 is 10.2 Å². The number of nitrogens with zero attached hydrogens (tertiary/aromatic N) is 4. The lowest BCUT2D eigenvalue weighted by Gasteiger charge is -2.34. The lowest BCUT2D eigenvalue weighted by atomic mass is 10.1. The molecule has 0 aliphatic heterocycles. The Balaban J connectivity index is 0.000000330. The van der Waals surface area contributed by atoms with E-state index in [1.54, 1.807) is 27.3 Å². The summed E-state index contributed by atoms with van der Waals surface area (Å²) in [5.41, 5.74) is 1.46. The lowest BCUT2D eigenvalue weighted by Crippen LogP contribution is -2.56. The van der Waals surface area contributed by atoms with Crippen LogP contribution in [0.25, 0.3) is 0 Å². The van der Waals surface area contributed by atoms with Crippen molar-refractivity contribution in [3.63, 3.8) is 0 Å². The number of thioether (sulfide) groups is 1. The van der Waals surface area contributed by atoms with E-state index in [2.05, 4.69) is 19.9 Å². The minimum atomic E-state index is -1.11. The van der Waals surface area contributed by atoms with Crippen molar-refractivity contribution in [3.05, 3.63) is 30.2 Å². The first-order valence-corrected chi connectivity index (χ1v) is 10.7. The molecule has 0 bridgehead atoms. The van der Waals surface area contributed by atoms with E-state index >= 15 is 0 Å². The van der Waals surface area contributed by atoms with Crippen molar-refractivity contribution in [2.45, 2.75) is 36.9 Å². The highest BCUT2D eigenvalue weighted by molar-refractivity contribution is 8.13. The molecule has 2 N–H and O–H groups in total. The SMILES string of the molecule is CC(=O)Sc1nc[nH]c1C[C@@H](C(=O)[O-])[N+](C)(C)C.C[N+](C)(C)[C@@H](Cc1cnc[nH]1)C(=O)[O-]. The second-order valence-electron chi connectivity index (χ2n) is 9.17. The summed E-state index contributed by atoms with van der Waals surface area (Å²) in [6.07, 6.45) is 5.29. The molecular formula is C20H32N6O5S. The molecule has 178 valence electrons. The van der Waals surface area contributed by atoms with Crippen LogP contribution in [0, 0.1) is 0 Å². The molecule has 12 heteroatoms. The molecule has 2 heterocycles. The Morgan fingerprint density at radius 3 is 1.88 bits per heavy atom. The number of hydrogen-bond acceptors (Lipinski definition) is 8. The largest absolute Gasteiger partial charge is 0.544 e. The number of aromatic amines is 2. The number of nitrogens with one attached hydrogen (secondary N) is 2. The van der Waals surface area contributed by atoms with E-state index in [0.717, 1.165) is 17.5 Å². The number of carbonyl (C=O) groups is 3. The molecule has 11 nitrogen and oxygen atoms in total. The lowest BCUT2D eigenvalue weighted by molar-refractivity contribution is -0.889. The molecule has 0 radical (unpaired) electrons. The number of aliphatic carboxylic acids is 2. The van der Waals surface area contributed by atoms with Gasteiger partial charge in [0.2, 0.25) is 0 Å². The molecule has 0 spiro atoms. The monoisotopic (exact) mass is 468 g/mol. The van der Waals surface area contributed by atoms with E-state index in [0.29, 0.717) is 21.6 Å². The Hall–Kier alpha value is -2.70. The molecule has 0 aliphatic rings. The molecule has 2 atom stereocenters. The summed E-state index contributed by atoms with van der Waals surface area (Å²) in [4.78, 5) is 46.8. The van der Waals surface area contributed by atoms with Crippen molar-refractivity contribution >= 4 is 28.8 Å².